The van der Waals surface area contributed by atoms with E-state index in [-0.39, 0.29) is 30.5 Å². The van der Waals surface area contributed by atoms with Gasteiger partial charge < -0.3 is 4.74 Å². The van der Waals surface area contributed by atoms with Gasteiger partial charge in [-0.1, -0.05) is 12.1 Å². The third-order valence-electron chi connectivity index (χ3n) is 5.39. The second-order valence-corrected chi connectivity index (χ2v) is 7.77. The summed E-state index contributed by atoms with van der Waals surface area (Å²) in [4.78, 5) is 14.9. The number of benzene rings is 1. The number of ether oxygens (including phenoxy) is 1. The van der Waals surface area contributed by atoms with E-state index in [1.54, 1.807) is 0 Å². The second kappa shape index (κ2) is 7.47. The molecule has 3 rings (SSSR count). The first-order valence-corrected chi connectivity index (χ1v) is 9.38. The molecule has 23 heavy (non-hydrogen) atoms. The largest absolute Gasteiger partial charge is 0.469 e. The van der Waals surface area contributed by atoms with E-state index < -0.39 is 0 Å². The summed E-state index contributed by atoms with van der Waals surface area (Å²) < 4.78 is 18.9. The molecule has 5 heteroatoms. The van der Waals surface area contributed by atoms with Gasteiger partial charge in [0.25, 0.3) is 0 Å². The summed E-state index contributed by atoms with van der Waals surface area (Å²) in [6.07, 6.45) is 3.63. The van der Waals surface area contributed by atoms with Crippen LogP contribution in [0.2, 0.25) is 0 Å². The normalized spacial score (nSPS) is 30.4. The van der Waals surface area contributed by atoms with Gasteiger partial charge in [0.15, 0.2) is 0 Å². The van der Waals surface area contributed by atoms with Gasteiger partial charge in [-0.2, -0.15) is 0 Å². The van der Waals surface area contributed by atoms with E-state index in [1.165, 1.54) is 16.2 Å². The number of piperidine rings is 1. The molecule has 126 valence electrons. The maximum Gasteiger partial charge on any atom is 0.310 e. The number of halogens is 2. The van der Waals surface area contributed by atoms with Gasteiger partial charge in [0, 0.05) is 28.1 Å². The topological polar surface area (TPSA) is 29.5 Å². The summed E-state index contributed by atoms with van der Waals surface area (Å²) in [5.41, 5.74) is 1.22. The van der Waals surface area contributed by atoms with Gasteiger partial charge >= 0.3 is 5.97 Å². The Balaban J connectivity index is 1.88. The quantitative estimate of drug-likeness (QED) is 0.526. The molecule has 3 nitrogen and oxygen atoms in total. The van der Waals surface area contributed by atoms with Gasteiger partial charge in [0.1, 0.15) is 0 Å². The number of fused-ring (bicyclic) bond motifs is 2. The SMILES string of the molecule is COC(=O)[C@H]1[C@@H](c2ccc(I)cc2)CC2CC[C@@H]1N2CCCF. The highest BCUT2D eigenvalue weighted by molar-refractivity contribution is 14.1. The monoisotopic (exact) mass is 431 g/mol. The van der Waals surface area contributed by atoms with Crippen LogP contribution >= 0.6 is 22.6 Å². The average Bonchev–Trinajstić information content (AvgIpc) is 2.84. The lowest BCUT2D eigenvalue weighted by Gasteiger charge is -2.43. The molecule has 0 spiro atoms. The Hall–Kier alpha value is -0.690. The van der Waals surface area contributed by atoms with Crippen molar-refractivity contribution in [1.82, 2.24) is 4.90 Å². The maximum absolute atomic E-state index is 12.6. The van der Waals surface area contributed by atoms with E-state index in [0.29, 0.717) is 12.5 Å². The molecule has 4 atom stereocenters. The molecule has 0 radical (unpaired) electrons. The number of esters is 1. The van der Waals surface area contributed by atoms with Crippen molar-refractivity contribution in [3.63, 3.8) is 0 Å². The van der Waals surface area contributed by atoms with E-state index in [2.05, 4.69) is 51.8 Å². The van der Waals surface area contributed by atoms with Crippen LogP contribution in [0.5, 0.6) is 0 Å². The lowest BCUT2D eigenvalue weighted by molar-refractivity contribution is -0.150. The Bertz CT molecular complexity index is 550. The predicted octanol–water partition coefficient (Wildman–Crippen LogP) is 3.76. The lowest BCUT2D eigenvalue weighted by atomic mass is 9.76. The van der Waals surface area contributed by atoms with Gasteiger partial charge in [0.2, 0.25) is 0 Å². The van der Waals surface area contributed by atoms with Crippen molar-refractivity contribution >= 4 is 28.6 Å². The van der Waals surface area contributed by atoms with Gasteiger partial charge in [-0.3, -0.25) is 14.1 Å². The Kier molecular flexibility index (Phi) is 5.57. The first kappa shape index (κ1) is 17.1. The first-order valence-electron chi connectivity index (χ1n) is 8.30. The van der Waals surface area contributed by atoms with Crippen molar-refractivity contribution in [2.75, 3.05) is 20.3 Å². The van der Waals surface area contributed by atoms with Crippen LogP contribution in [-0.2, 0) is 9.53 Å². The molecule has 2 saturated heterocycles. The van der Waals surface area contributed by atoms with Crippen LogP contribution in [0.3, 0.4) is 0 Å². The summed E-state index contributed by atoms with van der Waals surface area (Å²) in [7, 11) is 1.47. The van der Waals surface area contributed by atoms with Crippen molar-refractivity contribution in [3.8, 4) is 0 Å². The van der Waals surface area contributed by atoms with Gasteiger partial charge in [0.05, 0.1) is 19.7 Å². The van der Waals surface area contributed by atoms with Crippen LogP contribution in [0.4, 0.5) is 4.39 Å². The van der Waals surface area contributed by atoms with Crippen LogP contribution in [0.25, 0.3) is 0 Å². The molecular weight excluding hydrogens is 408 g/mol. The fourth-order valence-electron chi connectivity index (χ4n) is 4.41. The van der Waals surface area contributed by atoms with Crippen LogP contribution in [0, 0.1) is 9.49 Å². The molecular formula is C18H23FINO2. The highest BCUT2D eigenvalue weighted by Gasteiger charge is 2.50. The Morgan fingerprint density at radius 3 is 2.74 bits per heavy atom. The van der Waals surface area contributed by atoms with Gasteiger partial charge in [-0.15, -0.1) is 0 Å². The van der Waals surface area contributed by atoms with E-state index in [0.717, 1.165) is 25.8 Å². The van der Waals surface area contributed by atoms with Crippen molar-refractivity contribution in [2.45, 2.75) is 43.7 Å². The highest BCUT2D eigenvalue weighted by atomic mass is 127. The number of carbonyl (C=O) groups excluding carboxylic acids is 1. The number of hydrogen-bond donors (Lipinski definition) is 0. The standard InChI is InChI=1S/C18H23FINO2/c1-23-18(22)17-15(12-3-5-13(20)6-4-12)11-14-7-8-16(17)21(14)10-2-9-19/h3-6,14-17H,2,7-11H2,1H3/t14?,15-,16+,17+/m1/s1. The number of carbonyl (C=O) groups is 1. The number of methoxy groups -OCH3 is 1. The average molecular weight is 431 g/mol. The summed E-state index contributed by atoms with van der Waals surface area (Å²) in [5, 5.41) is 0. The van der Waals surface area contributed by atoms with Crippen molar-refractivity contribution in [2.24, 2.45) is 5.92 Å². The van der Waals surface area contributed by atoms with E-state index in [9.17, 15) is 9.18 Å². The minimum atomic E-state index is -0.292. The maximum atomic E-state index is 12.6. The lowest BCUT2D eigenvalue weighted by Crippen LogP contribution is -2.51. The van der Waals surface area contributed by atoms with E-state index >= 15 is 0 Å². The van der Waals surface area contributed by atoms with E-state index in [4.69, 9.17) is 4.74 Å². The van der Waals surface area contributed by atoms with Crippen LogP contribution < -0.4 is 0 Å². The summed E-state index contributed by atoms with van der Waals surface area (Å²) >= 11 is 2.30. The molecule has 2 bridgehead atoms. The minimum absolute atomic E-state index is 0.121. The summed E-state index contributed by atoms with van der Waals surface area (Å²) in [5.74, 6) is -0.0545. The van der Waals surface area contributed by atoms with Gasteiger partial charge in [-0.05, 0) is 66.0 Å². The molecule has 1 aromatic carbocycles. The summed E-state index contributed by atoms with van der Waals surface area (Å²) in [6.45, 7) is 0.456. The molecule has 1 aromatic rings. The number of rotatable bonds is 5. The Morgan fingerprint density at radius 1 is 1.35 bits per heavy atom. The third-order valence-corrected chi connectivity index (χ3v) is 6.11. The van der Waals surface area contributed by atoms with E-state index in [1.807, 2.05) is 0 Å². The zero-order chi connectivity index (χ0) is 16.4. The zero-order valence-corrected chi connectivity index (χ0v) is 15.5. The number of alkyl halides is 1. The molecule has 0 amide bonds. The second-order valence-electron chi connectivity index (χ2n) is 6.52. The molecule has 0 saturated carbocycles. The molecule has 1 unspecified atom stereocenters. The van der Waals surface area contributed by atoms with Crippen LogP contribution in [0.15, 0.2) is 24.3 Å². The molecule has 2 fully saturated rings. The molecule has 0 aromatic heterocycles. The summed E-state index contributed by atoms with van der Waals surface area (Å²) in [6, 6.07) is 9.13. The molecule has 2 aliphatic heterocycles. The van der Waals surface area contributed by atoms with Crippen LogP contribution in [-0.4, -0.2) is 43.3 Å². The third kappa shape index (κ3) is 3.40. The van der Waals surface area contributed by atoms with Crippen LogP contribution in [0.1, 0.15) is 37.2 Å². The number of hydrogen-bond acceptors (Lipinski definition) is 3. The highest BCUT2D eigenvalue weighted by Crippen LogP contribution is 2.47. The fourth-order valence-corrected chi connectivity index (χ4v) is 4.77. The van der Waals surface area contributed by atoms with Crippen molar-refractivity contribution < 1.29 is 13.9 Å². The molecule has 2 heterocycles. The predicted molar refractivity (Wildman–Crippen MR) is 96.1 cm³/mol. The van der Waals surface area contributed by atoms with Gasteiger partial charge in [-0.25, -0.2) is 0 Å². The smallest absolute Gasteiger partial charge is 0.310 e. The van der Waals surface area contributed by atoms with Crippen molar-refractivity contribution in [3.05, 3.63) is 33.4 Å². The zero-order valence-electron chi connectivity index (χ0n) is 13.4. The van der Waals surface area contributed by atoms with Crippen molar-refractivity contribution in [1.29, 1.82) is 0 Å². The molecule has 0 N–H and O–H groups in total. The number of nitrogens with zero attached hydrogens (tertiary/aromatic N) is 1. The first-order chi connectivity index (χ1) is 11.2. The molecule has 0 aliphatic carbocycles. The Morgan fingerprint density at radius 2 is 2.09 bits per heavy atom. The Labute approximate surface area is 150 Å². The minimum Gasteiger partial charge on any atom is -0.469 e. The fraction of sp³-hybridized carbons (Fsp3) is 0.611. The molecule has 2 aliphatic rings.